The molecule has 1 aliphatic rings. The van der Waals surface area contributed by atoms with Gasteiger partial charge < -0.3 is 10.0 Å². The molecule has 150 valence electrons. The lowest BCUT2D eigenvalue weighted by Crippen LogP contribution is -2.57. The average Bonchev–Trinajstić information content (AvgIpc) is 2.66. The number of amides is 1. The first-order valence-corrected chi connectivity index (χ1v) is 10.1. The number of pyridine rings is 1. The number of aliphatic hydroxyl groups is 1. The molecule has 0 radical (unpaired) electrons. The van der Waals surface area contributed by atoms with Gasteiger partial charge in [-0.2, -0.15) is 0 Å². The van der Waals surface area contributed by atoms with Gasteiger partial charge in [-0.3, -0.25) is 14.7 Å². The summed E-state index contributed by atoms with van der Waals surface area (Å²) in [5.41, 5.74) is 1.99. The zero-order valence-electron chi connectivity index (χ0n) is 17.1. The van der Waals surface area contributed by atoms with E-state index < -0.39 is 5.60 Å². The number of piperidine rings is 1. The zero-order chi connectivity index (χ0) is 20.1. The van der Waals surface area contributed by atoms with Crippen LogP contribution in [0, 0.1) is 0 Å². The molecule has 1 aliphatic heterocycles. The number of nitrogens with zero attached hydrogens (tertiary/aromatic N) is 3. The quantitative estimate of drug-likeness (QED) is 0.800. The molecule has 2 aromatic rings. The van der Waals surface area contributed by atoms with Crippen LogP contribution in [0.15, 0.2) is 48.7 Å². The fraction of sp³-hybridized carbons (Fsp3) is 0.478. The van der Waals surface area contributed by atoms with Crippen molar-refractivity contribution in [1.82, 2.24) is 14.8 Å². The summed E-state index contributed by atoms with van der Waals surface area (Å²) in [4.78, 5) is 21.1. The van der Waals surface area contributed by atoms with Crippen LogP contribution >= 0.6 is 0 Å². The van der Waals surface area contributed by atoms with E-state index in [1.54, 1.807) is 11.1 Å². The largest absolute Gasteiger partial charge is 0.379 e. The summed E-state index contributed by atoms with van der Waals surface area (Å²) in [6.07, 6.45) is 3.07. The average molecular weight is 382 g/mol. The van der Waals surface area contributed by atoms with Gasteiger partial charge in [0.1, 0.15) is 0 Å². The highest BCUT2D eigenvalue weighted by Gasteiger charge is 2.42. The molecule has 0 saturated carbocycles. The second-order valence-corrected chi connectivity index (χ2v) is 8.25. The van der Waals surface area contributed by atoms with E-state index in [4.69, 9.17) is 0 Å². The molecule has 5 nitrogen and oxygen atoms in total. The Morgan fingerprint density at radius 3 is 2.61 bits per heavy atom. The summed E-state index contributed by atoms with van der Waals surface area (Å²) in [5, 5.41) is 11.1. The van der Waals surface area contributed by atoms with Gasteiger partial charge in [-0.25, -0.2) is 0 Å². The number of likely N-dealkylation sites (tertiary alicyclic amines) is 1. The van der Waals surface area contributed by atoms with Crippen LogP contribution in [-0.4, -0.2) is 51.5 Å². The first-order chi connectivity index (χ1) is 13.4. The molecule has 0 unspecified atom stereocenters. The van der Waals surface area contributed by atoms with E-state index in [0.29, 0.717) is 38.5 Å². The van der Waals surface area contributed by atoms with E-state index >= 15 is 0 Å². The van der Waals surface area contributed by atoms with Crippen molar-refractivity contribution in [2.24, 2.45) is 0 Å². The Hall–Kier alpha value is -2.24. The number of hydrogen-bond acceptors (Lipinski definition) is 4. The standard InChI is InChI=1S/C23H31N3O2/c1-18(2)20-10-8-19(9-11-20)15-26-14-6-12-23(28,22(26)27)17-25(3)16-21-7-4-5-13-24-21/h4-5,7-11,13,18,28H,6,12,14-17H2,1-3H3/t23-/m1/s1. The minimum atomic E-state index is -1.33. The van der Waals surface area contributed by atoms with Crippen LogP contribution in [0.2, 0.25) is 0 Å². The first-order valence-electron chi connectivity index (χ1n) is 10.1. The highest BCUT2D eigenvalue weighted by molar-refractivity contribution is 5.86. The van der Waals surface area contributed by atoms with Crippen LogP contribution in [-0.2, 0) is 17.9 Å². The van der Waals surface area contributed by atoms with Crippen molar-refractivity contribution in [2.75, 3.05) is 20.1 Å². The lowest BCUT2D eigenvalue weighted by Gasteiger charge is -2.40. The number of carbonyl (C=O) groups excluding carboxylic acids is 1. The van der Waals surface area contributed by atoms with Crippen molar-refractivity contribution in [3.63, 3.8) is 0 Å². The second-order valence-electron chi connectivity index (χ2n) is 8.25. The van der Waals surface area contributed by atoms with E-state index in [-0.39, 0.29) is 5.91 Å². The second kappa shape index (κ2) is 8.84. The van der Waals surface area contributed by atoms with Gasteiger partial charge in [0.2, 0.25) is 0 Å². The molecule has 0 spiro atoms. The van der Waals surface area contributed by atoms with Crippen LogP contribution in [0.1, 0.15) is 49.4 Å². The predicted molar refractivity (Wildman–Crippen MR) is 111 cm³/mol. The maximum atomic E-state index is 13.0. The third kappa shape index (κ3) is 4.97. The van der Waals surface area contributed by atoms with Gasteiger partial charge in [0.25, 0.3) is 5.91 Å². The number of likely N-dealkylation sites (N-methyl/N-ethyl adjacent to an activating group) is 1. The summed E-state index contributed by atoms with van der Waals surface area (Å²) in [7, 11) is 1.92. The number of carbonyl (C=O) groups is 1. The predicted octanol–water partition coefficient (Wildman–Crippen LogP) is 3.19. The smallest absolute Gasteiger partial charge is 0.256 e. The number of benzene rings is 1. The summed E-state index contributed by atoms with van der Waals surface area (Å²) in [5.74, 6) is 0.324. The lowest BCUT2D eigenvalue weighted by atomic mass is 9.90. The maximum Gasteiger partial charge on any atom is 0.256 e. The van der Waals surface area contributed by atoms with Crippen LogP contribution < -0.4 is 0 Å². The van der Waals surface area contributed by atoms with Crippen molar-refractivity contribution < 1.29 is 9.90 Å². The van der Waals surface area contributed by atoms with Gasteiger partial charge in [-0.1, -0.05) is 44.2 Å². The van der Waals surface area contributed by atoms with Gasteiger partial charge in [0, 0.05) is 32.4 Å². The van der Waals surface area contributed by atoms with Gasteiger partial charge in [-0.05, 0) is 49.1 Å². The van der Waals surface area contributed by atoms with Gasteiger partial charge in [0.05, 0.1) is 5.69 Å². The Morgan fingerprint density at radius 2 is 1.96 bits per heavy atom. The Balaban J connectivity index is 1.63. The molecule has 28 heavy (non-hydrogen) atoms. The summed E-state index contributed by atoms with van der Waals surface area (Å²) < 4.78 is 0. The van der Waals surface area contributed by atoms with E-state index in [1.807, 2.05) is 30.1 Å². The molecule has 2 heterocycles. The third-order valence-corrected chi connectivity index (χ3v) is 5.41. The Bertz CT molecular complexity index is 776. The molecular formula is C23H31N3O2. The zero-order valence-corrected chi connectivity index (χ0v) is 17.1. The van der Waals surface area contributed by atoms with Gasteiger partial charge in [0.15, 0.2) is 5.60 Å². The highest BCUT2D eigenvalue weighted by atomic mass is 16.3. The normalized spacial score (nSPS) is 20.2. The molecular weight excluding hydrogens is 350 g/mol. The Kier molecular flexibility index (Phi) is 6.47. The van der Waals surface area contributed by atoms with Crippen LogP contribution in [0.3, 0.4) is 0 Å². The number of hydrogen-bond donors (Lipinski definition) is 1. The molecule has 1 amide bonds. The Morgan fingerprint density at radius 1 is 1.21 bits per heavy atom. The SMILES string of the molecule is CC(C)c1ccc(CN2CCC[C@@](O)(CN(C)Cc3ccccn3)C2=O)cc1. The molecule has 1 saturated heterocycles. The van der Waals surface area contributed by atoms with Crippen LogP contribution in [0.4, 0.5) is 0 Å². The van der Waals surface area contributed by atoms with Crippen molar-refractivity contribution in [2.45, 2.75) is 51.3 Å². The van der Waals surface area contributed by atoms with Crippen molar-refractivity contribution in [1.29, 1.82) is 0 Å². The molecule has 3 rings (SSSR count). The van der Waals surface area contributed by atoms with E-state index in [2.05, 4.69) is 43.1 Å². The van der Waals surface area contributed by atoms with Gasteiger partial charge in [-0.15, -0.1) is 0 Å². The van der Waals surface area contributed by atoms with Crippen LogP contribution in [0.5, 0.6) is 0 Å². The molecule has 0 bridgehead atoms. The monoisotopic (exact) mass is 381 g/mol. The van der Waals surface area contributed by atoms with Crippen molar-refractivity contribution >= 4 is 5.91 Å². The molecule has 0 aliphatic carbocycles. The molecule has 1 aromatic heterocycles. The van der Waals surface area contributed by atoms with E-state index in [9.17, 15) is 9.90 Å². The van der Waals surface area contributed by atoms with E-state index in [0.717, 1.165) is 17.7 Å². The van der Waals surface area contributed by atoms with Crippen molar-refractivity contribution in [3.8, 4) is 0 Å². The van der Waals surface area contributed by atoms with Crippen LogP contribution in [0.25, 0.3) is 0 Å². The van der Waals surface area contributed by atoms with Crippen molar-refractivity contribution in [3.05, 3.63) is 65.5 Å². The summed E-state index contributed by atoms with van der Waals surface area (Å²) in [6.45, 7) is 6.49. The highest BCUT2D eigenvalue weighted by Crippen LogP contribution is 2.26. The number of aromatic nitrogens is 1. The first kappa shape index (κ1) is 20.5. The lowest BCUT2D eigenvalue weighted by molar-refractivity contribution is -0.160. The van der Waals surface area contributed by atoms with Gasteiger partial charge >= 0.3 is 0 Å². The fourth-order valence-electron chi connectivity index (χ4n) is 3.86. The fourth-order valence-corrected chi connectivity index (χ4v) is 3.86. The number of rotatable bonds is 7. The topological polar surface area (TPSA) is 56.7 Å². The summed E-state index contributed by atoms with van der Waals surface area (Å²) in [6, 6.07) is 14.2. The van der Waals surface area contributed by atoms with E-state index in [1.165, 1.54) is 5.56 Å². The molecule has 1 aromatic carbocycles. The molecule has 5 heteroatoms. The summed E-state index contributed by atoms with van der Waals surface area (Å²) >= 11 is 0. The molecule has 1 atom stereocenters. The Labute approximate surface area is 168 Å². The maximum absolute atomic E-state index is 13.0. The minimum Gasteiger partial charge on any atom is -0.379 e. The molecule has 1 N–H and O–H groups in total. The molecule has 1 fully saturated rings. The minimum absolute atomic E-state index is 0.167. The third-order valence-electron chi connectivity index (χ3n) is 5.41.